The summed E-state index contributed by atoms with van der Waals surface area (Å²) in [5, 5.41) is 3.64. The molecule has 0 atom stereocenters. The van der Waals surface area contributed by atoms with E-state index >= 15 is 0 Å². The Hall–Kier alpha value is -2.68. The van der Waals surface area contributed by atoms with E-state index in [9.17, 15) is 13.2 Å². The third-order valence-corrected chi connectivity index (χ3v) is 4.92. The van der Waals surface area contributed by atoms with E-state index in [4.69, 9.17) is 14.2 Å². The lowest BCUT2D eigenvalue weighted by atomic mass is 10.1. The molecule has 1 heterocycles. The van der Waals surface area contributed by atoms with Gasteiger partial charge in [0.15, 0.2) is 16.6 Å². The smallest absolute Gasteiger partial charge is 0.416 e. The number of benzene rings is 2. The van der Waals surface area contributed by atoms with Crippen molar-refractivity contribution in [2.24, 2.45) is 0 Å². The van der Waals surface area contributed by atoms with Crippen molar-refractivity contribution in [2.45, 2.75) is 12.7 Å². The molecule has 0 saturated carbocycles. The Bertz CT molecular complexity index is 957. The highest BCUT2D eigenvalue weighted by Gasteiger charge is 2.30. The van der Waals surface area contributed by atoms with Crippen LogP contribution in [0.25, 0.3) is 10.2 Å². The lowest BCUT2D eigenvalue weighted by Gasteiger charge is -2.15. The number of hydrogen-bond acceptors (Lipinski definition) is 6. The van der Waals surface area contributed by atoms with Crippen LogP contribution in [0.2, 0.25) is 0 Å². The zero-order valence-electron chi connectivity index (χ0n) is 14.8. The van der Waals surface area contributed by atoms with Gasteiger partial charge in [-0.15, -0.1) is 0 Å². The highest BCUT2D eigenvalue weighted by molar-refractivity contribution is 7.22. The van der Waals surface area contributed by atoms with Gasteiger partial charge in [-0.1, -0.05) is 11.3 Å². The highest BCUT2D eigenvalue weighted by Crippen LogP contribution is 2.40. The van der Waals surface area contributed by atoms with Crippen molar-refractivity contribution in [2.75, 3.05) is 26.6 Å². The quantitative estimate of drug-likeness (QED) is 0.637. The van der Waals surface area contributed by atoms with Crippen LogP contribution in [0, 0.1) is 0 Å². The van der Waals surface area contributed by atoms with Crippen LogP contribution in [-0.2, 0) is 12.7 Å². The Balaban J connectivity index is 1.84. The van der Waals surface area contributed by atoms with E-state index in [-0.39, 0.29) is 0 Å². The van der Waals surface area contributed by atoms with Crippen LogP contribution in [0.3, 0.4) is 0 Å². The molecule has 0 fully saturated rings. The van der Waals surface area contributed by atoms with E-state index in [0.29, 0.717) is 39.1 Å². The van der Waals surface area contributed by atoms with Crippen LogP contribution < -0.4 is 19.5 Å². The van der Waals surface area contributed by atoms with E-state index in [1.54, 1.807) is 6.07 Å². The number of nitrogens with zero attached hydrogens (tertiary/aromatic N) is 1. The molecule has 0 aliphatic carbocycles. The molecule has 0 amide bonds. The van der Waals surface area contributed by atoms with Crippen LogP contribution in [0.1, 0.15) is 11.1 Å². The van der Waals surface area contributed by atoms with Crippen molar-refractivity contribution in [1.82, 2.24) is 4.98 Å². The Morgan fingerprint density at radius 1 is 1.00 bits per heavy atom. The van der Waals surface area contributed by atoms with Crippen molar-refractivity contribution in [1.29, 1.82) is 0 Å². The fraction of sp³-hybridized carbons (Fsp3) is 0.278. The van der Waals surface area contributed by atoms with Gasteiger partial charge >= 0.3 is 6.18 Å². The number of rotatable bonds is 6. The number of ether oxygens (including phenoxy) is 3. The van der Waals surface area contributed by atoms with Gasteiger partial charge in [-0.2, -0.15) is 13.2 Å². The maximum absolute atomic E-state index is 12.8. The third kappa shape index (κ3) is 3.87. The molecule has 3 aromatic rings. The van der Waals surface area contributed by atoms with Gasteiger partial charge < -0.3 is 19.5 Å². The SMILES string of the molecule is COc1ccc(CNc2nc3cc(C(F)(F)F)ccc3s2)c(OC)c1OC. The summed E-state index contributed by atoms with van der Waals surface area (Å²) < 4.78 is 55.2. The first kappa shape index (κ1) is 19.1. The van der Waals surface area contributed by atoms with Crippen LogP contribution in [0.4, 0.5) is 18.3 Å². The lowest BCUT2D eigenvalue weighted by Crippen LogP contribution is -2.04. The lowest BCUT2D eigenvalue weighted by molar-refractivity contribution is -0.137. The first-order valence-corrected chi connectivity index (χ1v) is 8.68. The Kier molecular flexibility index (Phi) is 5.31. The molecule has 0 radical (unpaired) electrons. The normalized spacial score (nSPS) is 11.5. The molecule has 0 spiro atoms. The van der Waals surface area contributed by atoms with Gasteiger partial charge in [-0.25, -0.2) is 4.98 Å². The molecule has 0 unspecified atom stereocenters. The van der Waals surface area contributed by atoms with E-state index in [2.05, 4.69) is 10.3 Å². The number of thiazole rings is 1. The van der Waals surface area contributed by atoms with Crippen molar-refractivity contribution in [3.8, 4) is 17.2 Å². The maximum atomic E-state index is 12.8. The summed E-state index contributed by atoms with van der Waals surface area (Å²) in [7, 11) is 4.58. The van der Waals surface area contributed by atoms with Gasteiger partial charge in [0.1, 0.15) is 0 Å². The summed E-state index contributed by atoms with van der Waals surface area (Å²) in [4.78, 5) is 4.24. The van der Waals surface area contributed by atoms with Gasteiger partial charge in [0.25, 0.3) is 0 Å². The number of anilines is 1. The third-order valence-electron chi connectivity index (χ3n) is 3.93. The van der Waals surface area contributed by atoms with Crippen molar-refractivity contribution < 1.29 is 27.4 Å². The molecule has 2 aromatic carbocycles. The predicted octanol–water partition coefficient (Wildman–Crippen LogP) is 4.95. The Morgan fingerprint density at radius 2 is 1.74 bits per heavy atom. The summed E-state index contributed by atoms with van der Waals surface area (Å²) in [5.74, 6) is 1.53. The molecule has 0 saturated heterocycles. The van der Waals surface area contributed by atoms with Gasteiger partial charge in [0.05, 0.1) is 37.1 Å². The molecule has 0 aliphatic heterocycles. The summed E-state index contributed by atoms with van der Waals surface area (Å²) in [5.41, 5.74) is 0.385. The van der Waals surface area contributed by atoms with Crippen LogP contribution in [-0.4, -0.2) is 26.3 Å². The van der Waals surface area contributed by atoms with E-state index < -0.39 is 11.7 Å². The second-order valence-corrected chi connectivity index (χ2v) is 6.58. The van der Waals surface area contributed by atoms with E-state index in [1.165, 1.54) is 38.7 Å². The van der Waals surface area contributed by atoms with Crippen LogP contribution >= 0.6 is 11.3 Å². The first-order valence-electron chi connectivity index (χ1n) is 7.87. The van der Waals surface area contributed by atoms with Gasteiger partial charge in [0.2, 0.25) is 5.75 Å². The molecule has 5 nitrogen and oxygen atoms in total. The minimum Gasteiger partial charge on any atom is -0.493 e. The largest absolute Gasteiger partial charge is 0.493 e. The second-order valence-electron chi connectivity index (χ2n) is 5.55. The van der Waals surface area contributed by atoms with Crippen molar-refractivity contribution in [3.63, 3.8) is 0 Å². The summed E-state index contributed by atoms with van der Waals surface area (Å²) in [6.07, 6.45) is -4.39. The molecule has 1 N–H and O–H groups in total. The van der Waals surface area contributed by atoms with Gasteiger partial charge in [0, 0.05) is 12.1 Å². The maximum Gasteiger partial charge on any atom is 0.416 e. The standard InChI is InChI=1S/C18H17F3N2O3S/c1-24-13-6-4-10(15(25-2)16(13)26-3)9-22-17-23-12-8-11(18(19,20)21)5-7-14(12)27-17/h4-8H,9H2,1-3H3,(H,22,23). The first-order chi connectivity index (χ1) is 12.9. The Labute approximate surface area is 157 Å². The number of alkyl halides is 3. The van der Waals surface area contributed by atoms with Gasteiger partial charge in [-0.05, 0) is 30.3 Å². The molecule has 0 aliphatic rings. The average molecular weight is 398 g/mol. The van der Waals surface area contributed by atoms with E-state index in [1.807, 2.05) is 6.07 Å². The zero-order valence-corrected chi connectivity index (χ0v) is 15.6. The van der Waals surface area contributed by atoms with Crippen molar-refractivity contribution in [3.05, 3.63) is 41.5 Å². The fourth-order valence-corrected chi connectivity index (χ4v) is 3.49. The summed E-state index contributed by atoms with van der Waals surface area (Å²) >= 11 is 1.28. The monoisotopic (exact) mass is 398 g/mol. The average Bonchev–Trinajstić information content (AvgIpc) is 3.06. The summed E-state index contributed by atoms with van der Waals surface area (Å²) in [6.45, 7) is 0.357. The van der Waals surface area contributed by atoms with E-state index in [0.717, 1.165) is 17.7 Å². The molecular weight excluding hydrogens is 381 g/mol. The van der Waals surface area contributed by atoms with Crippen LogP contribution in [0.15, 0.2) is 30.3 Å². The number of nitrogens with one attached hydrogen (secondary N) is 1. The molecular formula is C18H17F3N2O3S. The topological polar surface area (TPSA) is 52.6 Å². The van der Waals surface area contributed by atoms with Crippen LogP contribution in [0.5, 0.6) is 17.2 Å². The number of aromatic nitrogens is 1. The second kappa shape index (κ2) is 7.51. The fourth-order valence-electron chi connectivity index (χ4n) is 2.65. The minimum absolute atomic E-state index is 0.302. The minimum atomic E-state index is -4.39. The number of methoxy groups -OCH3 is 3. The Morgan fingerprint density at radius 3 is 2.37 bits per heavy atom. The molecule has 9 heteroatoms. The number of halogens is 3. The predicted molar refractivity (Wildman–Crippen MR) is 98.0 cm³/mol. The van der Waals surface area contributed by atoms with Crippen molar-refractivity contribution >= 4 is 26.7 Å². The zero-order chi connectivity index (χ0) is 19.6. The summed E-state index contributed by atoms with van der Waals surface area (Å²) in [6, 6.07) is 7.11. The molecule has 144 valence electrons. The number of fused-ring (bicyclic) bond motifs is 1. The molecule has 0 bridgehead atoms. The molecule has 27 heavy (non-hydrogen) atoms. The molecule has 3 rings (SSSR count). The number of hydrogen-bond donors (Lipinski definition) is 1. The van der Waals surface area contributed by atoms with Gasteiger partial charge in [-0.3, -0.25) is 0 Å². The highest BCUT2D eigenvalue weighted by atomic mass is 32.1. The molecule has 1 aromatic heterocycles.